The van der Waals surface area contributed by atoms with E-state index >= 15 is 0 Å². The van der Waals surface area contributed by atoms with Crippen molar-refractivity contribution in [2.45, 2.75) is 54.0 Å². The molecule has 0 spiro atoms. The zero-order chi connectivity index (χ0) is 17.2. The molecule has 0 aliphatic carbocycles. The van der Waals surface area contributed by atoms with Gasteiger partial charge in [-0.25, -0.2) is 0 Å². The van der Waals surface area contributed by atoms with E-state index in [1.54, 1.807) is 6.92 Å². The molecule has 0 radical (unpaired) electrons. The first-order valence-electron chi connectivity index (χ1n) is 8.68. The third kappa shape index (κ3) is 4.69. The number of carbonyl (C=O) groups is 1. The molecule has 2 nitrogen and oxygen atoms in total. The fraction of sp³-hybridized carbons (Fsp3) is 0.381. The van der Waals surface area contributed by atoms with E-state index in [1.165, 1.54) is 16.7 Å². The number of anilines is 1. The summed E-state index contributed by atoms with van der Waals surface area (Å²) < 4.78 is 0. The van der Waals surface area contributed by atoms with Gasteiger partial charge in [-0.3, -0.25) is 4.79 Å². The van der Waals surface area contributed by atoms with Gasteiger partial charge in [-0.05, 0) is 35.6 Å². The van der Waals surface area contributed by atoms with Crippen LogP contribution >= 0.6 is 0 Å². The van der Waals surface area contributed by atoms with Gasteiger partial charge < -0.3 is 4.90 Å². The highest BCUT2D eigenvalue weighted by molar-refractivity contribution is 5.92. The minimum absolute atomic E-state index is 0.101. The van der Waals surface area contributed by atoms with E-state index in [0.717, 1.165) is 18.5 Å². The minimum atomic E-state index is 0.101. The smallest absolute Gasteiger partial charge is 0.224 e. The van der Waals surface area contributed by atoms with Gasteiger partial charge in [-0.15, -0.1) is 0 Å². The Morgan fingerprint density at radius 3 is 1.87 bits per heavy atom. The average Bonchev–Trinajstić information content (AvgIpc) is 2.60. The maximum atomic E-state index is 12.0. The zero-order valence-electron chi connectivity index (χ0n) is 15.1. The number of hydrogen-bond acceptors (Lipinski definition) is 1. The van der Waals surface area contributed by atoms with Crippen molar-refractivity contribution in [2.75, 3.05) is 4.90 Å². The molecule has 124 valence electrons. The van der Waals surface area contributed by atoms with Crippen LogP contribution in [0.4, 0.5) is 5.69 Å². The van der Waals surface area contributed by atoms with Gasteiger partial charge in [0.2, 0.25) is 5.91 Å². The number of amides is 1. The molecule has 2 aromatic rings. The summed E-state index contributed by atoms with van der Waals surface area (Å²) in [5, 5.41) is 0. The van der Waals surface area contributed by atoms with Crippen molar-refractivity contribution in [1.29, 1.82) is 0 Å². The van der Waals surface area contributed by atoms with Crippen molar-refractivity contribution in [3.8, 4) is 0 Å². The van der Waals surface area contributed by atoms with Crippen LogP contribution in [0.2, 0.25) is 0 Å². The molecule has 1 amide bonds. The Balaban J connectivity index is 0.000000615. The van der Waals surface area contributed by atoms with E-state index in [2.05, 4.69) is 24.3 Å². The lowest BCUT2D eigenvalue weighted by Crippen LogP contribution is -2.30. The maximum absolute atomic E-state index is 12.0. The fourth-order valence-corrected chi connectivity index (χ4v) is 2.75. The number of nitrogens with zero attached hydrogens (tertiary/aromatic N) is 1. The Morgan fingerprint density at radius 2 is 1.26 bits per heavy atom. The van der Waals surface area contributed by atoms with Crippen LogP contribution in [0.3, 0.4) is 0 Å². The van der Waals surface area contributed by atoms with E-state index in [4.69, 9.17) is 0 Å². The van der Waals surface area contributed by atoms with E-state index in [-0.39, 0.29) is 5.91 Å². The molecule has 0 unspecified atom stereocenters. The van der Waals surface area contributed by atoms with Crippen molar-refractivity contribution >= 4 is 11.6 Å². The molecule has 0 N–H and O–H groups in total. The number of hydrogen-bond donors (Lipinski definition) is 0. The van der Waals surface area contributed by atoms with Crippen LogP contribution in [0.1, 0.15) is 51.3 Å². The monoisotopic (exact) mass is 311 g/mol. The number of benzene rings is 2. The van der Waals surface area contributed by atoms with Crippen LogP contribution in [0.5, 0.6) is 0 Å². The highest BCUT2D eigenvalue weighted by Gasteiger charge is 2.19. The molecule has 0 saturated heterocycles. The number of fused-ring (bicyclic) bond motifs is 2. The summed E-state index contributed by atoms with van der Waals surface area (Å²) in [7, 11) is 0. The summed E-state index contributed by atoms with van der Waals surface area (Å²) in [5.41, 5.74) is 4.92. The molecule has 0 bridgehead atoms. The molecule has 0 aromatic heterocycles. The predicted octanol–water partition coefficient (Wildman–Crippen LogP) is 5.39. The molecule has 0 saturated carbocycles. The van der Waals surface area contributed by atoms with Gasteiger partial charge in [0.15, 0.2) is 0 Å². The molecular weight excluding hydrogens is 282 g/mol. The number of carbonyl (C=O) groups excluding carboxylic acids is 1. The zero-order valence-corrected chi connectivity index (χ0v) is 15.1. The SMILES string of the molecule is CC.CC.CC(=O)N1Cc2ccccc2CCc2ccccc21. The summed E-state index contributed by atoms with van der Waals surface area (Å²) in [5.74, 6) is 0.101. The van der Waals surface area contributed by atoms with E-state index in [0.29, 0.717) is 6.54 Å². The predicted molar refractivity (Wildman–Crippen MR) is 99.9 cm³/mol. The molecule has 1 aliphatic heterocycles. The van der Waals surface area contributed by atoms with Crippen molar-refractivity contribution in [3.63, 3.8) is 0 Å². The lowest BCUT2D eigenvalue weighted by molar-refractivity contribution is -0.116. The average molecular weight is 311 g/mol. The fourth-order valence-electron chi connectivity index (χ4n) is 2.75. The summed E-state index contributed by atoms with van der Waals surface area (Å²) in [6.07, 6.45) is 2.02. The standard InChI is InChI=1S/C17H17NO.2C2H6/c1-13(19)18-12-16-8-3-2-6-14(16)10-11-15-7-4-5-9-17(15)18;2*1-2/h2-9H,10-12H2,1H3;2*1-2H3. The van der Waals surface area contributed by atoms with Crippen molar-refractivity contribution in [1.82, 2.24) is 0 Å². The molecule has 3 rings (SSSR count). The van der Waals surface area contributed by atoms with E-state index in [9.17, 15) is 4.79 Å². The highest BCUT2D eigenvalue weighted by atomic mass is 16.2. The van der Waals surface area contributed by atoms with Gasteiger partial charge >= 0.3 is 0 Å². The van der Waals surface area contributed by atoms with Crippen LogP contribution in [0.25, 0.3) is 0 Å². The number of aryl methyl sites for hydroxylation is 2. The van der Waals surface area contributed by atoms with Crippen LogP contribution in [0, 0.1) is 0 Å². The quantitative estimate of drug-likeness (QED) is 0.638. The summed E-state index contributed by atoms with van der Waals surface area (Å²) >= 11 is 0. The molecule has 1 aliphatic rings. The van der Waals surface area contributed by atoms with Crippen LogP contribution < -0.4 is 4.90 Å². The molecule has 23 heavy (non-hydrogen) atoms. The topological polar surface area (TPSA) is 20.3 Å². The first-order valence-corrected chi connectivity index (χ1v) is 8.68. The molecule has 2 aromatic carbocycles. The minimum Gasteiger partial charge on any atom is -0.308 e. The first kappa shape index (κ1) is 19.0. The van der Waals surface area contributed by atoms with Gasteiger partial charge in [0.1, 0.15) is 0 Å². The van der Waals surface area contributed by atoms with Gasteiger partial charge in [-0.1, -0.05) is 70.2 Å². The second kappa shape index (κ2) is 9.83. The van der Waals surface area contributed by atoms with Gasteiger partial charge in [0, 0.05) is 12.6 Å². The van der Waals surface area contributed by atoms with E-state index in [1.807, 2.05) is 56.9 Å². The lowest BCUT2D eigenvalue weighted by atomic mass is 9.95. The molecule has 2 heteroatoms. The summed E-state index contributed by atoms with van der Waals surface area (Å²) in [6.45, 7) is 10.3. The normalized spacial score (nSPS) is 12.1. The van der Waals surface area contributed by atoms with Crippen LogP contribution in [0.15, 0.2) is 48.5 Å². The first-order chi connectivity index (χ1) is 11.3. The third-order valence-corrected chi connectivity index (χ3v) is 3.77. The van der Waals surface area contributed by atoms with Gasteiger partial charge in [-0.2, -0.15) is 0 Å². The van der Waals surface area contributed by atoms with Gasteiger partial charge in [0.25, 0.3) is 0 Å². The van der Waals surface area contributed by atoms with Crippen LogP contribution in [-0.4, -0.2) is 5.91 Å². The highest BCUT2D eigenvalue weighted by Crippen LogP contribution is 2.28. The Kier molecular flexibility index (Phi) is 8.10. The van der Waals surface area contributed by atoms with E-state index < -0.39 is 0 Å². The third-order valence-electron chi connectivity index (χ3n) is 3.77. The maximum Gasteiger partial charge on any atom is 0.224 e. The summed E-state index contributed by atoms with van der Waals surface area (Å²) in [4.78, 5) is 13.8. The number of para-hydroxylation sites is 1. The number of rotatable bonds is 0. The Labute approximate surface area is 141 Å². The molecular formula is C21H29NO. The van der Waals surface area contributed by atoms with Crippen LogP contribution in [-0.2, 0) is 24.2 Å². The summed E-state index contributed by atoms with van der Waals surface area (Å²) in [6, 6.07) is 16.6. The second-order valence-corrected chi connectivity index (χ2v) is 5.00. The Morgan fingerprint density at radius 1 is 0.783 bits per heavy atom. The van der Waals surface area contributed by atoms with Crippen molar-refractivity contribution < 1.29 is 4.79 Å². The van der Waals surface area contributed by atoms with Gasteiger partial charge in [0.05, 0.1) is 6.54 Å². The molecule has 0 atom stereocenters. The molecule has 1 heterocycles. The lowest BCUT2D eigenvalue weighted by Gasteiger charge is -2.27. The largest absolute Gasteiger partial charge is 0.308 e. The van der Waals surface area contributed by atoms with Crippen molar-refractivity contribution in [2.24, 2.45) is 0 Å². The Bertz CT molecular complexity index is 619. The molecule has 0 fully saturated rings. The van der Waals surface area contributed by atoms with Crippen molar-refractivity contribution in [3.05, 3.63) is 65.2 Å². The Hall–Kier alpha value is -2.09. The second-order valence-electron chi connectivity index (χ2n) is 5.00.